The van der Waals surface area contributed by atoms with Crippen LogP contribution in [-0.4, -0.2) is 29.0 Å². The van der Waals surface area contributed by atoms with Crippen LogP contribution in [0, 0.1) is 0 Å². The fourth-order valence-electron chi connectivity index (χ4n) is 2.93. The van der Waals surface area contributed by atoms with E-state index in [9.17, 15) is 18.0 Å². The van der Waals surface area contributed by atoms with Crippen molar-refractivity contribution in [1.29, 1.82) is 0 Å². The van der Waals surface area contributed by atoms with E-state index in [0.29, 0.717) is 18.7 Å². The van der Waals surface area contributed by atoms with Gasteiger partial charge in [0.25, 0.3) is 5.91 Å². The number of benzene rings is 1. The van der Waals surface area contributed by atoms with E-state index in [1.165, 1.54) is 12.1 Å². The number of hydrogen-bond donors (Lipinski definition) is 2. The van der Waals surface area contributed by atoms with Crippen molar-refractivity contribution in [2.75, 3.05) is 6.54 Å². The Bertz CT molecular complexity index is 739. The van der Waals surface area contributed by atoms with Crippen LogP contribution in [0.4, 0.5) is 13.2 Å². The molecule has 1 aliphatic carbocycles. The minimum atomic E-state index is -4.70. The Morgan fingerprint density at radius 3 is 2.64 bits per heavy atom. The number of fused-ring (bicyclic) bond motifs is 1. The van der Waals surface area contributed by atoms with Gasteiger partial charge in [0, 0.05) is 17.8 Å². The summed E-state index contributed by atoms with van der Waals surface area (Å²) in [6.45, 7) is 0.375. The zero-order chi connectivity index (χ0) is 17.9. The van der Waals surface area contributed by atoms with Gasteiger partial charge in [-0.05, 0) is 49.8 Å². The molecule has 1 amide bonds. The number of alkyl halides is 3. The van der Waals surface area contributed by atoms with Crippen LogP contribution in [0.2, 0.25) is 0 Å². The average molecular weight is 353 g/mol. The first-order chi connectivity index (χ1) is 11.9. The second kappa shape index (κ2) is 7.16. The number of aryl methyl sites for hydroxylation is 1. The van der Waals surface area contributed by atoms with Crippen LogP contribution in [0.1, 0.15) is 40.2 Å². The molecule has 1 aromatic carbocycles. The maximum absolute atomic E-state index is 12.2. The molecule has 0 spiro atoms. The molecular weight excluding hydrogens is 335 g/mol. The van der Waals surface area contributed by atoms with E-state index in [1.54, 1.807) is 12.1 Å². The Balaban J connectivity index is 1.51. The van der Waals surface area contributed by atoms with Gasteiger partial charge in [-0.3, -0.25) is 9.89 Å². The maximum atomic E-state index is 12.2. The third kappa shape index (κ3) is 4.52. The smallest absolute Gasteiger partial charge is 0.406 e. The molecule has 0 bridgehead atoms. The van der Waals surface area contributed by atoms with Crippen LogP contribution in [0.15, 0.2) is 24.3 Å². The highest BCUT2D eigenvalue weighted by atomic mass is 19.4. The molecule has 0 radical (unpaired) electrons. The highest BCUT2D eigenvalue weighted by Crippen LogP contribution is 2.23. The fraction of sp³-hybridized carbons (Fsp3) is 0.412. The Labute approximate surface area is 142 Å². The van der Waals surface area contributed by atoms with Crippen molar-refractivity contribution < 1.29 is 22.7 Å². The van der Waals surface area contributed by atoms with Crippen LogP contribution >= 0.6 is 0 Å². The molecule has 0 atom stereocenters. The highest BCUT2D eigenvalue weighted by Gasteiger charge is 2.30. The van der Waals surface area contributed by atoms with Crippen LogP contribution in [0.25, 0.3) is 0 Å². The monoisotopic (exact) mass is 353 g/mol. The van der Waals surface area contributed by atoms with Gasteiger partial charge >= 0.3 is 6.36 Å². The van der Waals surface area contributed by atoms with Crippen molar-refractivity contribution in [3.05, 3.63) is 46.8 Å². The minimum Gasteiger partial charge on any atom is -0.406 e. The van der Waals surface area contributed by atoms with Gasteiger partial charge in [-0.15, -0.1) is 13.2 Å². The zero-order valence-corrected chi connectivity index (χ0v) is 13.4. The summed E-state index contributed by atoms with van der Waals surface area (Å²) in [4.78, 5) is 12.2. The van der Waals surface area contributed by atoms with Gasteiger partial charge in [0.15, 0.2) is 5.69 Å². The molecule has 2 N–H and O–H groups in total. The van der Waals surface area contributed by atoms with E-state index in [4.69, 9.17) is 0 Å². The van der Waals surface area contributed by atoms with Gasteiger partial charge < -0.3 is 10.1 Å². The summed E-state index contributed by atoms with van der Waals surface area (Å²) >= 11 is 0. The molecule has 3 rings (SSSR count). The molecule has 134 valence electrons. The number of carbonyl (C=O) groups is 1. The number of hydrogen-bond acceptors (Lipinski definition) is 3. The van der Waals surface area contributed by atoms with Gasteiger partial charge in [-0.1, -0.05) is 12.1 Å². The molecular formula is C17H18F3N3O2. The molecule has 1 aromatic heterocycles. The molecule has 1 heterocycles. The van der Waals surface area contributed by atoms with Crippen molar-refractivity contribution >= 4 is 5.91 Å². The first-order valence-electron chi connectivity index (χ1n) is 8.11. The molecule has 25 heavy (non-hydrogen) atoms. The highest BCUT2D eigenvalue weighted by molar-refractivity contribution is 5.94. The third-order valence-corrected chi connectivity index (χ3v) is 4.13. The van der Waals surface area contributed by atoms with E-state index < -0.39 is 6.36 Å². The molecule has 0 saturated heterocycles. The number of halogens is 3. The SMILES string of the molecule is O=C(NCCc1ccc(OC(F)(F)F)cc1)c1n[nH]c2c1CCCC2. The number of rotatable bonds is 5. The first kappa shape index (κ1) is 17.3. The zero-order valence-electron chi connectivity index (χ0n) is 13.4. The van der Waals surface area contributed by atoms with E-state index in [2.05, 4.69) is 20.3 Å². The first-order valence-corrected chi connectivity index (χ1v) is 8.11. The number of carbonyl (C=O) groups excluding carboxylic acids is 1. The summed E-state index contributed by atoms with van der Waals surface area (Å²) in [5.74, 6) is -0.486. The van der Waals surface area contributed by atoms with Crippen molar-refractivity contribution in [3.8, 4) is 5.75 Å². The summed E-state index contributed by atoms with van der Waals surface area (Å²) in [6, 6.07) is 5.61. The summed E-state index contributed by atoms with van der Waals surface area (Å²) in [5.41, 5.74) is 3.29. The quantitative estimate of drug-likeness (QED) is 0.868. The summed E-state index contributed by atoms with van der Waals surface area (Å²) in [7, 11) is 0. The Kier molecular flexibility index (Phi) is 4.96. The van der Waals surface area contributed by atoms with Crippen molar-refractivity contribution in [2.24, 2.45) is 0 Å². The van der Waals surface area contributed by atoms with Gasteiger partial charge in [0.05, 0.1) is 0 Å². The fourth-order valence-corrected chi connectivity index (χ4v) is 2.93. The number of nitrogens with zero attached hydrogens (tertiary/aromatic N) is 1. The van der Waals surface area contributed by atoms with E-state index in [-0.39, 0.29) is 11.7 Å². The van der Waals surface area contributed by atoms with Gasteiger partial charge in [0.2, 0.25) is 0 Å². The largest absolute Gasteiger partial charge is 0.573 e. The molecule has 2 aromatic rings. The Hall–Kier alpha value is -2.51. The van der Waals surface area contributed by atoms with E-state index in [0.717, 1.165) is 42.5 Å². The van der Waals surface area contributed by atoms with Crippen LogP contribution in [0.5, 0.6) is 5.75 Å². The lowest BCUT2D eigenvalue weighted by atomic mass is 9.96. The van der Waals surface area contributed by atoms with Crippen LogP contribution < -0.4 is 10.1 Å². The molecule has 8 heteroatoms. The van der Waals surface area contributed by atoms with Gasteiger partial charge in [-0.2, -0.15) is 5.10 Å². The Morgan fingerprint density at radius 1 is 1.20 bits per heavy atom. The molecule has 5 nitrogen and oxygen atoms in total. The lowest BCUT2D eigenvalue weighted by molar-refractivity contribution is -0.274. The topological polar surface area (TPSA) is 67.0 Å². The third-order valence-electron chi connectivity index (χ3n) is 4.13. The average Bonchev–Trinajstić information content (AvgIpc) is 2.99. The van der Waals surface area contributed by atoms with Crippen molar-refractivity contribution in [1.82, 2.24) is 15.5 Å². The summed E-state index contributed by atoms with van der Waals surface area (Å²) < 4.78 is 40.1. The van der Waals surface area contributed by atoms with E-state index in [1.807, 2.05) is 0 Å². The minimum absolute atomic E-state index is 0.226. The number of ether oxygens (including phenoxy) is 1. The predicted molar refractivity (Wildman–Crippen MR) is 84.4 cm³/mol. The number of nitrogens with one attached hydrogen (secondary N) is 2. The normalized spacial score (nSPS) is 14.0. The lowest BCUT2D eigenvalue weighted by Crippen LogP contribution is -2.27. The second-order valence-electron chi connectivity index (χ2n) is 5.93. The summed E-state index contributed by atoms with van der Waals surface area (Å²) in [5, 5.41) is 9.84. The second-order valence-corrected chi connectivity index (χ2v) is 5.93. The predicted octanol–water partition coefficient (Wildman–Crippen LogP) is 3.16. The van der Waals surface area contributed by atoms with Crippen LogP contribution in [-0.2, 0) is 19.3 Å². The van der Waals surface area contributed by atoms with E-state index >= 15 is 0 Å². The summed E-state index contributed by atoms with van der Waals surface area (Å²) in [6.07, 6.45) is -0.260. The Morgan fingerprint density at radius 2 is 1.92 bits per heavy atom. The molecule has 0 saturated carbocycles. The van der Waals surface area contributed by atoms with Crippen LogP contribution in [0.3, 0.4) is 0 Å². The van der Waals surface area contributed by atoms with Gasteiger partial charge in [0.1, 0.15) is 5.75 Å². The van der Waals surface area contributed by atoms with Gasteiger partial charge in [-0.25, -0.2) is 0 Å². The maximum Gasteiger partial charge on any atom is 0.573 e. The molecule has 0 aliphatic heterocycles. The molecule has 0 unspecified atom stereocenters. The number of H-pyrrole nitrogens is 1. The number of aromatic amines is 1. The molecule has 1 aliphatic rings. The number of aromatic nitrogens is 2. The standard InChI is InChI=1S/C17H18F3N3O2/c18-17(19,20)25-12-7-5-11(6-8-12)9-10-21-16(24)15-13-3-1-2-4-14(13)22-23-15/h5-8H,1-4,9-10H2,(H,21,24)(H,22,23). The number of amides is 1. The van der Waals surface area contributed by atoms with Crippen molar-refractivity contribution in [2.45, 2.75) is 38.5 Å². The molecule has 0 fully saturated rings. The lowest BCUT2D eigenvalue weighted by Gasteiger charge is -2.11. The van der Waals surface area contributed by atoms with Crippen molar-refractivity contribution in [3.63, 3.8) is 0 Å².